The van der Waals surface area contributed by atoms with Crippen molar-refractivity contribution in [3.05, 3.63) is 0 Å². The van der Waals surface area contributed by atoms with Gasteiger partial charge in [0.15, 0.2) is 0 Å². The lowest BCUT2D eigenvalue weighted by atomic mass is 9.97. The van der Waals surface area contributed by atoms with Crippen LogP contribution in [-0.2, 0) is 14.3 Å². The van der Waals surface area contributed by atoms with Crippen molar-refractivity contribution >= 4 is 11.8 Å². The van der Waals surface area contributed by atoms with E-state index in [1.807, 2.05) is 4.90 Å². The lowest BCUT2D eigenvalue weighted by molar-refractivity contribution is -0.144. The van der Waals surface area contributed by atoms with Crippen molar-refractivity contribution in [2.45, 2.75) is 70.1 Å². The Labute approximate surface area is 144 Å². The molecule has 3 heterocycles. The number of piperidine rings is 1. The second kappa shape index (κ2) is 8.30. The van der Waals surface area contributed by atoms with Crippen LogP contribution in [0.3, 0.4) is 0 Å². The Morgan fingerprint density at radius 1 is 1.21 bits per heavy atom. The average Bonchev–Trinajstić information content (AvgIpc) is 3.30. The maximum absolute atomic E-state index is 12.7. The molecule has 3 saturated heterocycles. The highest BCUT2D eigenvalue weighted by Gasteiger charge is 2.34. The molecule has 24 heavy (non-hydrogen) atoms. The molecule has 3 aliphatic heterocycles. The van der Waals surface area contributed by atoms with Crippen molar-refractivity contribution < 1.29 is 14.3 Å². The van der Waals surface area contributed by atoms with Crippen molar-refractivity contribution in [3.63, 3.8) is 0 Å². The molecule has 0 radical (unpaired) electrons. The van der Waals surface area contributed by atoms with Gasteiger partial charge in [0.1, 0.15) is 6.10 Å². The normalized spacial score (nSPS) is 33.6. The van der Waals surface area contributed by atoms with Crippen LogP contribution in [0.25, 0.3) is 0 Å². The summed E-state index contributed by atoms with van der Waals surface area (Å²) >= 11 is 0. The van der Waals surface area contributed by atoms with Crippen molar-refractivity contribution in [2.24, 2.45) is 5.92 Å². The van der Waals surface area contributed by atoms with Gasteiger partial charge >= 0.3 is 0 Å². The summed E-state index contributed by atoms with van der Waals surface area (Å²) in [5, 5.41) is 6.29. The molecule has 2 amide bonds. The van der Waals surface area contributed by atoms with E-state index in [1.54, 1.807) is 0 Å². The first kappa shape index (κ1) is 17.7. The van der Waals surface area contributed by atoms with Crippen LogP contribution in [0.4, 0.5) is 0 Å². The fourth-order valence-electron chi connectivity index (χ4n) is 4.10. The van der Waals surface area contributed by atoms with E-state index in [1.165, 1.54) is 0 Å². The van der Waals surface area contributed by atoms with E-state index in [2.05, 4.69) is 17.6 Å². The van der Waals surface area contributed by atoms with E-state index in [0.29, 0.717) is 12.5 Å². The molecular weight excluding hydrogens is 306 g/mol. The van der Waals surface area contributed by atoms with Crippen LogP contribution in [0, 0.1) is 5.92 Å². The summed E-state index contributed by atoms with van der Waals surface area (Å²) in [4.78, 5) is 26.7. The van der Waals surface area contributed by atoms with Crippen LogP contribution < -0.4 is 10.6 Å². The van der Waals surface area contributed by atoms with Crippen LogP contribution in [0.15, 0.2) is 0 Å². The molecule has 0 aromatic rings. The standard InChI is InChI=1S/C18H31N3O3/c1-2-14-7-8-16(24-14)18(23)21-10-4-5-13(12-21)11-20-17(22)15-6-3-9-19-15/h13-16,19H,2-12H2,1H3,(H,20,22). The molecule has 0 aromatic carbocycles. The monoisotopic (exact) mass is 337 g/mol. The minimum Gasteiger partial charge on any atom is -0.365 e. The zero-order chi connectivity index (χ0) is 16.9. The lowest BCUT2D eigenvalue weighted by Gasteiger charge is -2.34. The zero-order valence-electron chi connectivity index (χ0n) is 14.8. The minimum absolute atomic E-state index is 0.0239. The van der Waals surface area contributed by atoms with Crippen LogP contribution in [0.2, 0.25) is 0 Å². The highest BCUT2D eigenvalue weighted by Crippen LogP contribution is 2.25. The van der Waals surface area contributed by atoms with Gasteiger partial charge in [-0.05, 0) is 57.4 Å². The Hall–Kier alpha value is -1.14. The van der Waals surface area contributed by atoms with Gasteiger partial charge in [0.25, 0.3) is 5.91 Å². The second-order valence-electron chi connectivity index (χ2n) is 7.42. The number of nitrogens with one attached hydrogen (secondary N) is 2. The quantitative estimate of drug-likeness (QED) is 0.787. The molecule has 6 heteroatoms. The molecule has 0 spiro atoms. The Bertz CT molecular complexity index is 451. The summed E-state index contributed by atoms with van der Waals surface area (Å²) in [5.41, 5.74) is 0. The smallest absolute Gasteiger partial charge is 0.251 e. The van der Waals surface area contributed by atoms with Crippen LogP contribution in [-0.4, -0.2) is 61.1 Å². The van der Waals surface area contributed by atoms with Crippen LogP contribution in [0.1, 0.15) is 51.9 Å². The van der Waals surface area contributed by atoms with Gasteiger partial charge in [0.2, 0.25) is 5.91 Å². The maximum atomic E-state index is 12.7. The van der Waals surface area contributed by atoms with Crippen molar-refractivity contribution in [2.75, 3.05) is 26.2 Å². The first-order valence-corrected chi connectivity index (χ1v) is 9.62. The first-order chi connectivity index (χ1) is 11.7. The summed E-state index contributed by atoms with van der Waals surface area (Å²) in [6.07, 6.45) is 6.92. The van der Waals surface area contributed by atoms with Crippen molar-refractivity contribution in [1.29, 1.82) is 0 Å². The average molecular weight is 337 g/mol. The van der Waals surface area contributed by atoms with Gasteiger partial charge < -0.3 is 20.3 Å². The molecule has 136 valence electrons. The fourth-order valence-corrected chi connectivity index (χ4v) is 4.10. The molecule has 0 saturated carbocycles. The lowest BCUT2D eigenvalue weighted by Crippen LogP contribution is -2.48. The van der Waals surface area contributed by atoms with Crippen molar-refractivity contribution in [3.8, 4) is 0 Å². The molecule has 3 fully saturated rings. The summed E-state index contributed by atoms with van der Waals surface area (Å²) < 4.78 is 5.86. The molecule has 3 rings (SSSR count). The number of amides is 2. The summed E-state index contributed by atoms with van der Waals surface area (Å²) in [6.45, 7) is 5.28. The molecule has 0 aliphatic carbocycles. The molecule has 4 atom stereocenters. The molecule has 2 N–H and O–H groups in total. The van der Waals surface area contributed by atoms with E-state index in [-0.39, 0.29) is 30.1 Å². The molecule has 3 aliphatic rings. The van der Waals surface area contributed by atoms with E-state index in [9.17, 15) is 9.59 Å². The van der Waals surface area contributed by atoms with E-state index in [4.69, 9.17) is 4.74 Å². The predicted octanol–water partition coefficient (Wildman–Crippen LogP) is 1.05. The fraction of sp³-hybridized carbons (Fsp3) is 0.889. The molecule has 4 unspecified atom stereocenters. The molecule has 0 aromatic heterocycles. The van der Waals surface area contributed by atoms with Crippen LogP contribution >= 0.6 is 0 Å². The Kier molecular flexibility index (Phi) is 6.11. The zero-order valence-corrected chi connectivity index (χ0v) is 14.8. The summed E-state index contributed by atoms with van der Waals surface area (Å²) in [5.74, 6) is 0.622. The largest absolute Gasteiger partial charge is 0.365 e. The highest BCUT2D eigenvalue weighted by atomic mass is 16.5. The Morgan fingerprint density at radius 2 is 2.08 bits per heavy atom. The van der Waals surface area contributed by atoms with Gasteiger partial charge in [-0.15, -0.1) is 0 Å². The number of nitrogens with zero attached hydrogens (tertiary/aromatic N) is 1. The van der Waals surface area contributed by atoms with E-state index < -0.39 is 0 Å². The number of hydrogen-bond acceptors (Lipinski definition) is 4. The highest BCUT2D eigenvalue weighted by molar-refractivity contribution is 5.82. The van der Waals surface area contributed by atoms with Gasteiger partial charge in [-0.2, -0.15) is 0 Å². The van der Waals surface area contributed by atoms with Gasteiger partial charge in [-0.25, -0.2) is 0 Å². The second-order valence-corrected chi connectivity index (χ2v) is 7.42. The summed E-state index contributed by atoms with van der Waals surface area (Å²) in [6, 6.07) is -0.0239. The van der Waals surface area contributed by atoms with Gasteiger partial charge in [-0.3, -0.25) is 9.59 Å². The third-order valence-corrected chi connectivity index (χ3v) is 5.61. The van der Waals surface area contributed by atoms with Crippen LogP contribution in [0.5, 0.6) is 0 Å². The number of hydrogen-bond donors (Lipinski definition) is 2. The third kappa shape index (κ3) is 4.28. The SMILES string of the molecule is CCC1CCC(C(=O)N2CCCC(CNC(=O)C3CCCN3)C2)O1. The number of likely N-dealkylation sites (tertiary alicyclic amines) is 1. The topological polar surface area (TPSA) is 70.7 Å². The van der Waals surface area contributed by atoms with E-state index >= 15 is 0 Å². The molecule has 0 bridgehead atoms. The number of carbonyl (C=O) groups excluding carboxylic acids is 2. The molecule has 6 nitrogen and oxygen atoms in total. The first-order valence-electron chi connectivity index (χ1n) is 9.62. The Morgan fingerprint density at radius 3 is 2.79 bits per heavy atom. The maximum Gasteiger partial charge on any atom is 0.251 e. The van der Waals surface area contributed by atoms with Gasteiger partial charge in [0.05, 0.1) is 12.1 Å². The number of carbonyl (C=O) groups is 2. The van der Waals surface area contributed by atoms with Gasteiger partial charge in [-0.1, -0.05) is 6.92 Å². The number of rotatable bonds is 5. The molecular formula is C18H31N3O3. The minimum atomic E-state index is -0.244. The third-order valence-electron chi connectivity index (χ3n) is 5.61. The number of ether oxygens (including phenoxy) is 1. The predicted molar refractivity (Wildman–Crippen MR) is 91.5 cm³/mol. The summed E-state index contributed by atoms with van der Waals surface area (Å²) in [7, 11) is 0. The Balaban J connectivity index is 1.44. The van der Waals surface area contributed by atoms with Gasteiger partial charge in [0, 0.05) is 19.6 Å². The van der Waals surface area contributed by atoms with Crippen molar-refractivity contribution in [1.82, 2.24) is 15.5 Å². The van der Waals surface area contributed by atoms with E-state index in [0.717, 1.165) is 64.6 Å².